The second-order valence-electron chi connectivity index (χ2n) is 4.43. The van der Waals surface area contributed by atoms with E-state index < -0.39 is 0 Å². The first-order valence-electron chi connectivity index (χ1n) is 6.19. The van der Waals surface area contributed by atoms with Crippen LogP contribution in [0, 0.1) is 0 Å². The van der Waals surface area contributed by atoms with Crippen molar-refractivity contribution in [3.05, 3.63) is 35.4 Å². The first-order chi connectivity index (χ1) is 8.76. The second-order valence-corrected chi connectivity index (χ2v) is 5.66. The Balaban J connectivity index is 2.08. The monoisotopic (exact) mass is 265 g/mol. The van der Waals surface area contributed by atoms with E-state index in [9.17, 15) is 4.79 Å². The standard InChI is InChI=1S/C14H19NO2S/c1-15-14-11-6-4-3-5-10(11)7-8-12(14)18-9-13(16)17-2/h3-6,12,14-15H,7-9H2,1-2H3. The smallest absolute Gasteiger partial charge is 0.315 e. The van der Waals surface area contributed by atoms with E-state index in [0.717, 1.165) is 12.8 Å². The van der Waals surface area contributed by atoms with Gasteiger partial charge >= 0.3 is 5.97 Å². The lowest BCUT2D eigenvalue weighted by Crippen LogP contribution is -2.32. The van der Waals surface area contributed by atoms with Crippen molar-refractivity contribution in [2.75, 3.05) is 19.9 Å². The molecule has 18 heavy (non-hydrogen) atoms. The molecular weight excluding hydrogens is 246 g/mol. The molecule has 2 atom stereocenters. The van der Waals surface area contributed by atoms with Gasteiger partial charge in [0.1, 0.15) is 0 Å². The van der Waals surface area contributed by atoms with Gasteiger partial charge in [0.25, 0.3) is 0 Å². The Labute approximate surface area is 112 Å². The number of aryl methyl sites for hydroxylation is 1. The summed E-state index contributed by atoms with van der Waals surface area (Å²) in [5.41, 5.74) is 2.79. The number of fused-ring (bicyclic) bond motifs is 1. The summed E-state index contributed by atoms with van der Waals surface area (Å²) in [6.45, 7) is 0. The Morgan fingerprint density at radius 1 is 1.50 bits per heavy atom. The van der Waals surface area contributed by atoms with Gasteiger partial charge in [-0.2, -0.15) is 0 Å². The highest BCUT2D eigenvalue weighted by atomic mass is 32.2. The first kappa shape index (κ1) is 13.4. The molecule has 0 saturated carbocycles. The second kappa shape index (κ2) is 6.25. The number of methoxy groups -OCH3 is 1. The van der Waals surface area contributed by atoms with Crippen LogP contribution in [0.5, 0.6) is 0 Å². The zero-order valence-electron chi connectivity index (χ0n) is 10.8. The lowest BCUT2D eigenvalue weighted by molar-refractivity contribution is -0.137. The molecule has 2 rings (SSSR count). The van der Waals surface area contributed by atoms with Crippen LogP contribution in [0.25, 0.3) is 0 Å². The Kier molecular flexibility index (Phi) is 4.66. The van der Waals surface area contributed by atoms with Crippen LogP contribution in [0.15, 0.2) is 24.3 Å². The van der Waals surface area contributed by atoms with Crippen molar-refractivity contribution in [2.45, 2.75) is 24.1 Å². The number of thioether (sulfide) groups is 1. The molecule has 2 unspecified atom stereocenters. The van der Waals surface area contributed by atoms with Gasteiger partial charge in [-0.1, -0.05) is 24.3 Å². The highest BCUT2D eigenvalue weighted by Crippen LogP contribution is 2.36. The van der Waals surface area contributed by atoms with Gasteiger partial charge in [0.15, 0.2) is 0 Å². The molecule has 98 valence electrons. The number of benzene rings is 1. The average Bonchev–Trinajstić information content (AvgIpc) is 2.43. The minimum Gasteiger partial charge on any atom is -0.468 e. The summed E-state index contributed by atoms with van der Waals surface area (Å²) < 4.78 is 4.70. The molecule has 3 nitrogen and oxygen atoms in total. The van der Waals surface area contributed by atoms with Crippen molar-refractivity contribution >= 4 is 17.7 Å². The fourth-order valence-electron chi connectivity index (χ4n) is 2.48. The van der Waals surface area contributed by atoms with Crippen molar-refractivity contribution in [3.63, 3.8) is 0 Å². The van der Waals surface area contributed by atoms with Crippen LogP contribution in [0.1, 0.15) is 23.6 Å². The predicted octanol–water partition coefficient (Wildman–Crippen LogP) is 2.17. The van der Waals surface area contributed by atoms with E-state index in [0.29, 0.717) is 17.0 Å². The molecule has 4 heteroatoms. The minimum absolute atomic E-state index is 0.145. The number of hydrogen-bond acceptors (Lipinski definition) is 4. The molecule has 0 radical (unpaired) electrons. The third-order valence-electron chi connectivity index (χ3n) is 3.41. The van der Waals surface area contributed by atoms with E-state index in [2.05, 4.69) is 29.6 Å². The number of carbonyl (C=O) groups excluding carboxylic acids is 1. The van der Waals surface area contributed by atoms with E-state index in [4.69, 9.17) is 4.74 Å². The highest BCUT2D eigenvalue weighted by molar-refractivity contribution is 8.00. The van der Waals surface area contributed by atoms with Gasteiger partial charge in [0.2, 0.25) is 0 Å². The molecule has 1 aromatic rings. The molecule has 0 amide bonds. The molecule has 0 heterocycles. The molecule has 0 spiro atoms. The van der Waals surface area contributed by atoms with Gasteiger partial charge in [-0.05, 0) is 31.0 Å². The molecule has 0 aliphatic heterocycles. The summed E-state index contributed by atoms with van der Waals surface area (Å²) in [5.74, 6) is 0.287. The van der Waals surface area contributed by atoms with Gasteiger partial charge in [0.05, 0.1) is 12.9 Å². The van der Waals surface area contributed by atoms with Crippen LogP contribution in [-0.4, -0.2) is 31.1 Å². The van der Waals surface area contributed by atoms with Crippen LogP contribution >= 0.6 is 11.8 Å². The summed E-state index contributed by atoms with van der Waals surface area (Å²) in [7, 11) is 3.42. The maximum atomic E-state index is 11.2. The van der Waals surface area contributed by atoms with Crippen LogP contribution in [0.2, 0.25) is 0 Å². The van der Waals surface area contributed by atoms with Crippen molar-refractivity contribution in [1.29, 1.82) is 0 Å². The number of esters is 1. The summed E-state index contributed by atoms with van der Waals surface area (Å²) in [4.78, 5) is 11.2. The lowest BCUT2D eigenvalue weighted by Gasteiger charge is -2.32. The number of hydrogen-bond donors (Lipinski definition) is 1. The van der Waals surface area contributed by atoms with Crippen molar-refractivity contribution in [1.82, 2.24) is 5.32 Å². The maximum Gasteiger partial charge on any atom is 0.315 e. The Morgan fingerprint density at radius 2 is 2.28 bits per heavy atom. The number of rotatable bonds is 4. The van der Waals surface area contributed by atoms with Crippen LogP contribution in [0.3, 0.4) is 0 Å². The molecule has 1 aromatic carbocycles. The first-order valence-corrected chi connectivity index (χ1v) is 7.24. The van der Waals surface area contributed by atoms with E-state index in [1.165, 1.54) is 18.2 Å². The third kappa shape index (κ3) is 2.87. The average molecular weight is 265 g/mol. The molecule has 0 bridgehead atoms. The fraction of sp³-hybridized carbons (Fsp3) is 0.500. The Hall–Kier alpha value is -1.00. The van der Waals surface area contributed by atoms with Gasteiger partial charge in [0, 0.05) is 11.3 Å². The van der Waals surface area contributed by atoms with E-state index in [1.807, 2.05) is 7.05 Å². The summed E-state index contributed by atoms with van der Waals surface area (Å²) in [5, 5.41) is 3.81. The summed E-state index contributed by atoms with van der Waals surface area (Å²) >= 11 is 1.69. The van der Waals surface area contributed by atoms with Crippen LogP contribution in [-0.2, 0) is 16.0 Å². The third-order valence-corrected chi connectivity index (χ3v) is 4.75. The van der Waals surface area contributed by atoms with Gasteiger partial charge < -0.3 is 10.1 Å². The molecule has 1 aliphatic carbocycles. The zero-order chi connectivity index (χ0) is 13.0. The predicted molar refractivity (Wildman–Crippen MR) is 74.8 cm³/mol. The fourth-order valence-corrected chi connectivity index (χ4v) is 3.71. The maximum absolute atomic E-state index is 11.2. The highest BCUT2D eigenvalue weighted by Gasteiger charge is 2.28. The largest absolute Gasteiger partial charge is 0.468 e. The van der Waals surface area contributed by atoms with Crippen LogP contribution in [0.4, 0.5) is 0 Å². The minimum atomic E-state index is -0.145. The lowest BCUT2D eigenvalue weighted by atomic mass is 9.87. The number of carbonyl (C=O) groups is 1. The zero-order valence-corrected chi connectivity index (χ0v) is 11.6. The van der Waals surface area contributed by atoms with E-state index in [-0.39, 0.29) is 5.97 Å². The molecule has 0 aromatic heterocycles. The van der Waals surface area contributed by atoms with Gasteiger partial charge in [-0.3, -0.25) is 4.79 Å². The van der Waals surface area contributed by atoms with Crippen molar-refractivity contribution in [2.24, 2.45) is 0 Å². The summed E-state index contributed by atoms with van der Waals surface area (Å²) in [6.07, 6.45) is 2.19. The summed E-state index contributed by atoms with van der Waals surface area (Å²) in [6, 6.07) is 8.87. The van der Waals surface area contributed by atoms with E-state index >= 15 is 0 Å². The Bertz CT molecular complexity index is 422. The Morgan fingerprint density at radius 3 is 3.00 bits per heavy atom. The molecular formula is C14H19NO2S. The topological polar surface area (TPSA) is 38.3 Å². The molecule has 0 saturated heterocycles. The van der Waals surface area contributed by atoms with Gasteiger partial charge in [-0.25, -0.2) is 0 Å². The normalized spacial score (nSPS) is 22.3. The number of nitrogens with one attached hydrogen (secondary N) is 1. The SMILES string of the molecule is CNC1c2ccccc2CCC1SCC(=O)OC. The van der Waals surface area contributed by atoms with Crippen molar-refractivity contribution in [3.8, 4) is 0 Å². The quantitative estimate of drug-likeness (QED) is 0.847. The number of ether oxygens (including phenoxy) is 1. The van der Waals surface area contributed by atoms with Crippen LogP contribution < -0.4 is 5.32 Å². The van der Waals surface area contributed by atoms with E-state index in [1.54, 1.807) is 11.8 Å². The van der Waals surface area contributed by atoms with Crippen molar-refractivity contribution < 1.29 is 9.53 Å². The van der Waals surface area contributed by atoms with Gasteiger partial charge in [-0.15, -0.1) is 11.8 Å². The molecule has 1 aliphatic rings. The molecule has 1 N–H and O–H groups in total. The molecule has 0 fully saturated rings.